The lowest BCUT2D eigenvalue weighted by atomic mass is 10.1. The molecule has 1 fully saturated rings. The molecule has 1 aliphatic heterocycles. The Bertz CT molecular complexity index is 819. The van der Waals surface area contributed by atoms with Crippen LogP contribution < -0.4 is 4.74 Å². The molecule has 1 aliphatic rings. The zero-order valence-electron chi connectivity index (χ0n) is 14.7. The van der Waals surface area contributed by atoms with Crippen molar-refractivity contribution in [1.82, 2.24) is 4.90 Å². The van der Waals surface area contributed by atoms with Crippen molar-refractivity contribution in [1.29, 1.82) is 0 Å². The van der Waals surface area contributed by atoms with E-state index >= 15 is 0 Å². The van der Waals surface area contributed by atoms with Gasteiger partial charge in [0, 0.05) is 30.1 Å². The van der Waals surface area contributed by atoms with Gasteiger partial charge < -0.3 is 14.4 Å². The summed E-state index contributed by atoms with van der Waals surface area (Å²) in [6.45, 7) is 3.22. The molecule has 0 bridgehead atoms. The number of nitrogens with zero attached hydrogens (tertiary/aromatic N) is 1. The maximum Gasteiger partial charge on any atom is 0.337 e. The summed E-state index contributed by atoms with van der Waals surface area (Å²) < 4.78 is 10.8. The van der Waals surface area contributed by atoms with Gasteiger partial charge >= 0.3 is 5.97 Å². The molecule has 6 heteroatoms. The standard InChI is InChI=1S/C20H20ClNO4/c1-13-9-19(23)22(11-13)12-15-4-3-14(20(24)25-2)10-18(15)26-17-7-5-16(21)6-8-17/h3-8,10,13H,9,11-12H2,1-2H3. The van der Waals surface area contributed by atoms with Crippen LogP contribution in [0.1, 0.15) is 29.3 Å². The van der Waals surface area contributed by atoms with E-state index in [1.165, 1.54) is 7.11 Å². The van der Waals surface area contributed by atoms with Gasteiger partial charge in [-0.25, -0.2) is 4.79 Å². The lowest BCUT2D eigenvalue weighted by Crippen LogP contribution is -2.24. The molecule has 0 radical (unpaired) electrons. The Morgan fingerprint density at radius 2 is 1.96 bits per heavy atom. The van der Waals surface area contributed by atoms with E-state index in [0.29, 0.717) is 41.0 Å². The van der Waals surface area contributed by atoms with Crippen LogP contribution in [0.25, 0.3) is 0 Å². The van der Waals surface area contributed by atoms with Gasteiger partial charge in [-0.3, -0.25) is 4.79 Å². The summed E-state index contributed by atoms with van der Waals surface area (Å²) in [7, 11) is 1.33. The van der Waals surface area contributed by atoms with Crippen LogP contribution in [-0.2, 0) is 16.1 Å². The predicted molar refractivity (Wildman–Crippen MR) is 98.5 cm³/mol. The molecule has 0 aromatic heterocycles. The van der Waals surface area contributed by atoms with E-state index in [1.807, 2.05) is 4.90 Å². The summed E-state index contributed by atoms with van der Waals surface area (Å²) >= 11 is 5.91. The summed E-state index contributed by atoms with van der Waals surface area (Å²) in [6.07, 6.45) is 0.563. The lowest BCUT2D eigenvalue weighted by Gasteiger charge is -2.19. The smallest absolute Gasteiger partial charge is 0.337 e. The van der Waals surface area contributed by atoms with Crippen molar-refractivity contribution < 1.29 is 19.1 Å². The summed E-state index contributed by atoms with van der Waals surface area (Å²) in [5, 5.41) is 0.609. The molecule has 0 saturated carbocycles. The second-order valence-corrected chi connectivity index (χ2v) is 6.89. The van der Waals surface area contributed by atoms with Crippen molar-refractivity contribution in [2.24, 2.45) is 5.92 Å². The average molecular weight is 374 g/mol. The second kappa shape index (κ2) is 7.79. The molecule has 5 nitrogen and oxygen atoms in total. The van der Waals surface area contributed by atoms with Gasteiger partial charge in [-0.15, -0.1) is 0 Å². The highest BCUT2D eigenvalue weighted by Gasteiger charge is 2.27. The summed E-state index contributed by atoms with van der Waals surface area (Å²) in [6, 6.07) is 12.1. The molecule has 1 unspecified atom stereocenters. The first-order valence-corrected chi connectivity index (χ1v) is 8.76. The fourth-order valence-corrected chi connectivity index (χ4v) is 3.11. The Hall–Kier alpha value is -2.53. The van der Waals surface area contributed by atoms with E-state index in [0.717, 1.165) is 12.1 Å². The molecule has 0 aliphatic carbocycles. The average Bonchev–Trinajstić information content (AvgIpc) is 2.94. The van der Waals surface area contributed by atoms with Gasteiger partial charge in [0.1, 0.15) is 11.5 Å². The maximum absolute atomic E-state index is 12.1. The van der Waals surface area contributed by atoms with E-state index < -0.39 is 5.97 Å². The van der Waals surface area contributed by atoms with Crippen LogP contribution in [0.2, 0.25) is 5.02 Å². The van der Waals surface area contributed by atoms with E-state index in [9.17, 15) is 9.59 Å². The fourth-order valence-electron chi connectivity index (χ4n) is 2.98. The molecule has 1 amide bonds. The normalized spacial score (nSPS) is 16.7. The number of esters is 1. The van der Waals surface area contributed by atoms with Crippen molar-refractivity contribution in [2.75, 3.05) is 13.7 Å². The molecule has 3 rings (SSSR count). The molecule has 26 heavy (non-hydrogen) atoms. The zero-order chi connectivity index (χ0) is 18.7. The Kier molecular flexibility index (Phi) is 5.47. The van der Waals surface area contributed by atoms with Crippen LogP contribution in [0.3, 0.4) is 0 Å². The van der Waals surface area contributed by atoms with E-state index in [4.69, 9.17) is 21.1 Å². The molecule has 2 aromatic carbocycles. The quantitative estimate of drug-likeness (QED) is 0.734. The number of amides is 1. The molecule has 1 saturated heterocycles. The minimum Gasteiger partial charge on any atom is -0.465 e. The number of hydrogen-bond acceptors (Lipinski definition) is 4. The molecule has 2 aromatic rings. The van der Waals surface area contributed by atoms with Crippen LogP contribution in [0.5, 0.6) is 11.5 Å². The first-order valence-electron chi connectivity index (χ1n) is 8.38. The van der Waals surface area contributed by atoms with Crippen LogP contribution in [0.15, 0.2) is 42.5 Å². The second-order valence-electron chi connectivity index (χ2n) is 6.45. The van der Waals surface area contributed by atoms with E-state index in [-0.39, 0.29) is 5.91 Å². The Morgan fingerprint density at radius 1 is 1.23 bits per heavy atom. The summed E-state index contributed by atoms with van der Waals surface area (Å²) in [5.74, 6) is 1.15. The third-order valence-electron chi connectivity index (χ3n) is 4.30. The Labute approximate surface area is 157 Å². The first kappa shape index (κ1) is 18.3. The van der Waals surface area contributed by atoms with Gasteiger partial charge in [-0.2, -0.15) is 0 Å². The number of rotatable bonds is 5. The Balaban J connectivity index is 1.90. The maximum atomic E-state index is 12.1. The fraction of sp³-hybridized carbons (Fsp3) is 0.300. The largest absolute Gasteiger partial charge is 0.465 e. The van der Waals surface area contributed by atoms with Gasteiger partial charge in [0.15, 0.2) is 0 Å². The van der Waals surface area contributed by atoms with Crippen LogP contribution in [0, 0.1) is 5.92 Å². The molecule has 136 valence electrons. The molecule has 0 N–H and O–H groups in total. The summed E-state index contributed by atoms with van der Waals surface area (Å²) in [5.41, 5.74) is 1.22. The molecular formula is C20H20ClNO4. The highest BCUT2D eigenvalue weighted by atomic mass is 35.5. The molecular weight excluding hydrogens is 354 g/mol. The third kappa shape index (κ3) is 4.17. The van der Waals surface area contributed by atoms with Gasteiger partial charge in [-0.1, -0.05) is 24.6 Å². The van der Waals surface area contributed by atoms with Crippen LogP contribution in [0.4, 0.5) is 0 Å². The molecule has 1 atom stereocenters. The first-order chi connectivity index (χ1) is 12.5. The highest BCUT2D eigenvalue weighted by molar-refractivity contribution is 6.30. The number of halogens is 1. The SMILES string of the molecule is COC(=O)c1ccc(CN2CC(C)CC2=O)c(Oc2ccc(Cl)cc2)c1. The number of carbonyl (C=O) groups is 2. The van der Waals surface area contributed by atoms with Gasteiger partial charge in [0.05, 0.1) is 12.7 Å². The number of hydrogen-bond donors (Lipinski definition) is 0. The van der Waals surface area contributed by atoms with Gasteiger partial charge in [0.2, 0.25) is 5.91 Å². The number of ether oxygens (including phenoxy) is 2. The number of carbonyl (C=O) groups excluding carboxylic acids is 2. The minimum atomic E-state index is -0.441. The topological polar surface area (TPSA) is 55.8 Å². The number of methoxy groups -OCH3 is 1. The lowest BCUT2D eigenvalue weighted by molar-refractivity contribution is -0.128. The molecule has 0 spiro atoms. The number of benzene rings is 2. The van der Waals surface area contributed by atoms with Crippen molar-refractivity contribution in [3.8, 4) is 11.5 Å². The van der Waals surface area contributed by atoms with Crippen molar-refractivity contribution >= 4 is 23.5 Å². The van der Waals surface area contributed by atoms with Crippen LogP contribution in [-0.4, -0.2) is 30.4 Å². The van der Waals surface area contributed by atoms with Crippen molar-refractivity contribution in [3.05, 3.63) is 58.6 Å². The van der Waals surface area contributed by atoms with Gasteiger partial charge in [-0.05, 0) is 42.3 Å². The predicted octanol–water partition coefficient (Wildman–Crippen LogP) is 4.29. The highest BCUT2D eigenvalue weighted by Crippen LogP contribution is 2.30. The zero-order valence-corrected chi connectivity index (χ0v) is 15.5. The summed E-state index contributed by atoms with van der Waals surface area (Å²) in [4.78, 5) is 25.8. The van der Waals surface area contributed by atoms with Crippen LogP contribution >= 0.6 is 11.6 Å². The number of likely N-dealkylation sites (tertiary alicyclic amines) is 1. The van der Waals surface area contributed by atoms with Crippen molar-refractivity contribution in [2.45, 2.75) is 19.9 Å². The minimum absolute atomic E-state index is 0.131. The van der Waals surface area contributed by atoms with E-state index in [2.05, 4.69) is 6.92 Å². The van der Waals surface area contributed by atoms with E-state index in [1.54, 1.807) is 42.5 Å². The monoisotopic (exact) mass is 373 g/mol. The third-order valence-corrected chi connectivity index (χ3v) is 4.55. The van der Waals surface area contributed by atoms with Crippen molar-refractivity contribution in [3.63, 3.8) is 0 Å². The Morgan fingerprint density at radius 3 is 2.58 bits per heavy atom. The molecule has 1 heterocycles. The van der Waals surface area contributed by atoms with Gasteiger partial charge in [0.25, 0.3) is 0 Å².